The molecule has 0 aliphatic carbocycles. The molecule has 0 aromatic carbocycles. The van der Waals surface area contributed by atoms with E-state index in [1.807, 2.05) is 6.92 Å². The van der Waals surface area contributed by atoms with E-state index in [2.05, 4.69) is 45.3 Å². The Morgan fingerprint density at radius 2 is 2.05 bits per heavy atom. The van der Waals surface area contributed by atoms with Gasteiger partial charge in [-0.3, -0.25) is 4.79 Å². The molecule has 0 saturated carbocycles. The van der Waals surface area contributed by atoms with Crippen molar-refractivity contribution >= 4 is 21.6 Å². The number of aryl methyl sites for hydroxylation is 1. The zero-order chi connectivity index (χ0) is 14.7. The topological polar surface area (TPSA) is 50.2 Å². The average molecular weight is 343 g/mol. The van der Waals surface area contributed by atoms with Gasteiger partial charge in [0.05, 0.1) is 11.9 Å². The number of aromatic nitrogens is 2. The molecule has 2 atom stereocenters. The van der Waals surface area contributed by atoms with Crippen molar-refractivity contribution in [2.75, 3.05) is 5.43 Å². The summed E-state index contributed by atoms with van der Waals surface area (Å²) >= 11 is 3.41. The lowest BCUT2D eigenvalue weighted by Gasteiger charge is -2.39. The molecule has 1 aromatic heterocycles. The maximum Gasteiger partial charge on any atom is 0.283 e. The quantitative estimate of drug-likeness (QED) is 0.913. The molecule has 0 amide bonds. The Hall–Kier alpha value is -0.880. The van der Waals surface area contributed by atoms with Gasteiger partial charge in [-0.15, -0.1) is 0 Å². The fourth-order valence-electron chi connectivity index (χ4n) is 2.69. The molecule has 2 heterocycles. The molecule has 0 spiro atoms. The Bertz CT molecular complexity index is 506. The second-order valence-electron chi connectivity index (χ2n) is 5.55. The van der Waals surface area contributed by atoms with Crippen LogP contribution in [0.5, 0.6) is 0 Å². The van der Waals surface area contributed by atoms with Crippen LogP contribution in [0.2, 0.25) is 0 Å². The number of piperidine rings is 1. The van der Waals surface area contributed by atoms with Crippen LogP contribution in [0.15, 0.2) is 15.5 Å². The normalized spacial score (nSPS) is 23.8. The van der Waals surface area contributed by atoms with E-state index >= 15 is 0 Å². The zero-order valence-electron chi connectivity index (χ0n) is 12.4. The van der Waals surface area contributed by atoms with E-state index in [4.69, 9.17) is 0 Å². The lowest BCUT2D eigenvalue weighted by molar-refractivity contribution is 0.135. The lowest BCUT2D eigenvalue weighted by atomic mass is 10.00. The molecule has 0 radical (unpaired) electrons. The summed E-state index contributed by atoms with van der Waals surface area (Å²) in [5.41, 5.74) is 4.05. The summed E-state index contributed by atoms with van der Waals surface area (Å²) in [6, 6.07) is 0.924. The van der Waals surface area contributed by atoms with E-state index < -0.39 is 0 Å². The first-order valence-electron chi connectivity index (χ1n) is 7.35. The van der Waals surface area contributed by atoms with Crippen molar-refractivity contribution in [2.45, 2.75) is 65.1 Å². The number of hydrogen-bond donors (Lipinski definition) is 1. The Labute approximate surface area is 128 Å². The molecule has 1 saturated heterocycles. The van der Waals surface area contributed by atoms with E-state index in [0.717, 1.165) is 12.1 Å². The summed E-state index contributed by atoms with van der Waals surface area (Å²) in [6.07, 6.45) is 6.24. The minimum Gasteiger partial charge on any atom is -0.316 e. The molecule has 112 valence electrons. The van der Waals surface area contributed by atoms with Crippen LogP contribution >= 0.6 is 15.9 Å². The molecule has 20 heavy (non-hydrogen) atoms. The predicted octanol–water partition coefficient (Wildman–Crippen LogP) is 3.01. The lowest BCUT2D eigenvalue weighted by Crippen LogP contribution is -2.47. The molecule has 1 N–H and O–H groups in total. The smallest absolute Gasteiger partial charge is 0.283 e. The average Bonchev–Trinajstić information content (AvgIpc) is 2.42. The van der Waals surface area contributed by atoms with E-state index in [9.17, 15) is 4.79 Å². The summed E-state index contributed by atoms with van der Waals surface area (Å²) in [5, 5.41) is 6.46. The largest absolute Gasteiger partial charge is 0.316 e. The minimum absolute atomic E-state index is 0.0748. The van der Waals surface area contributed by atoms with E-state index in [0.29, 0.717) is 23.1 Å². The first-order valence-corrected chi connectivity index (χ1v) is 8.14. The first kappa shape index (κ1) is 15.5. The summed E-state index contributed by atoms with van der Waals surface area (Å²) < 4.78 is 2.06. The van der Waals surface area contributed by atoms with Gasteiger partial charge in [-0.2, -0.15) is 5.10 Å². The predicted molar refractivity (Wildman–Crippen MR) is 84.7 cm³/mol. The Balaban J connectivity index is 2.21. The second-order valence-corrected chi connectivity index (χ2v) is 6.34. The van der Waals surface area contributed by atoms with Gasteiger partial charge < -0.3 is 5.43 Å². The SMILES string of the molecule is CCCn1ncc(NN2C(C)CCCC2C)c(Br)c1=O. The molecule has 6 heteroatoms. The van der Waals surface area contributed by atoms with Crippen LogP contribution in [0.25, 0.3) is 0 Å². The summed E-state index contributed by atoms with van der Waals surface area (Å²) in [6.45, 7) is 7.10. The maximum absolute atomic E-state index is 12.2. The van der Waals surface area contributed by atoms with Crippen LogP contribution in [0.4, 0.5) is 5.69 Å². The fraction of sp³-hybridized carbons (Fsp3) is 0.714. The standard InChI is InChI=1S/C14H23BrN4O/c1-4-8-18-14(20)13(15)12(9-16-18)17-19-10(2)6-5-7-11(19)3/h9-11,17H,4-8H2,1-3H3. The third-order valence-corrected chi connectivity index (χ3v) is 4.63. The van der Waals surface area contributed by atoms with Crippen molar-refractivity contribution in [1.82, 2.24) is 14.8 Å². The van der Waals surface area contributed by atoms with E-state index in [1.165, 1.54) is 23.9 Å². The monoisotopic (exact) mass is 342 g/mol. The van der Waals surface area contributed by atoms with Gasteiger partial charge in [0.1, 0.15) is 4.47 Å². The van der Waals surface area contributed by atoms with Crippen LogP contribution in [0.3, 0.4) is 0 Å². The van der Waals surface area contributed by atoms with Crippen molar-refractivity contribution in [2.24, 2.45) is 0 Å². The third-order valence-electron chi connectivity index (χ3n) is 3.86. The molecular weight excluding hydrogens is 320 g/mol. The van der Waals surface area contributed by atoms with Crippen LogP contribution in [-0.4, -0.2) is 26.9 Å². The summed E-state index contributed by atoms with van der Waals surface area (Å²) in [4.78, 5) is 12.2. The highest BCUT2D eigenvalue weighted by Crippen LogP contribution is 2.25. The highest BCUT2D eigenvalue weighted by molar-refractivity contribution is 9.10. The highest BCUT2D eigenvalue weighted by Gasteiger charge is 2.25. The minimum atomic E-state index is -0.0748. The summed E-state index contributed by atoms with van der Waals surface area (Å²) in [5.74, 6) is 0. The van der Waals surface area contributed by atoms with Crippen molar-refractivity contribution in [3.05, 3.63) is 21.0 Å². The van der Waals surface area contributed by atoms with Gasteiger partial charge in [0.2, 0.25) is 0 Å². The number of hydrazine groups is 1. The Kier molecular flexibility index (Phi) is 5.21. The number of nitrogens with one attached hydrogen (secondary N) is 1. The number of anilines is 1. The van der Waals surface area contributed by atoms with Crippen molar-refractivity contribution in [1.29, 1.82) is 0 Å². The van der Waals surface area contributed by atoms with Crippen LogP contribution in [0, 0.1) is 0 Å². The van der Waals surface area contributed by atoms with Crippen LogP contribution in [-0.2, 0) is 6.54 Å². The molecule has 1 aliphatic heterocycles. The maximum atomic E-state index is 12.2. The van der Waals surface area contributed by atoms with Gasteiger partial charge in [0.15, 0.2) is 0 Å². The van der Waals surface area contributed by atoms with Crippen molar-refractivity contribution in [3.63, 3.8) is 0 Å². The molecule has 0 bridgehead atoms. The molecule has 2 rings (SSSR count). The van der Waals surface area contributed by atoms with Crippen LogP contribution < -0.4 is 11.0 Å². The molecule has 2 unspecified atom stereocenters. The van der Waals surface area contributed by atoms with Gasteiger partial charge in [-0.25, -0.2) is 9.69 Å². The number of nitrogens with zero attached hydrogens (tertiary/aromatic N) is 3. The van der Waals surface area contributed by atoms with Crippen molar-refractivity contribution in [3.8, 4) is 0 Å². The van der Waals surface area contributed by atoms with Gasteiger partial charge in [-0.05, 0) is 49.0 Å². The van der Waals surface area contributed by atoms with Gasteiger partial charge in [0.25, 0.3) is 5.56 Å². The fourth-order valence-corrected chi connectivity index (χ4v) is 3.09. The molecule has 1 fully saturated rings. The number of halogens is 1. The summed E-state index contributed by atoms with van der Waals surface area (Å²) in [7, 11) is 0. The first-order chi connectivity index (χ1) is 9.54. The van der Waals surface area contributed by atoms with Crippen LogP contribution in [0.1, 0.15) is 46.5 Å². The Morgan fingerprint density at radius 3 is 2.65 bits per heavy atom. The van der Waals surface area contributed by atoms with E-state index in [1.54, 1.807) is 6.20 Å². The van der Waals surface area contributed by atoms with Gasteiger partial charge >= 0.3 is 0 Å². The van der Waals surface area contributed by atoms with Gasteiger partial charge in [0, 0.05) is 18.6 Å². The molecule has 1 aromatic rings. The highest BCUT2D eigenvalue weighted by atomic mass is 79.9. The number of hydrogen-bond acceptors (Lipinski definition) is 4. The van der Waals surface area contributed by atoms with Gasteiger partial charge in [-0.1, -0.05) is 13.3 Å². The second kappa shape index (κ2) is 6.72. The van der Waals surface area contributed by atoms with E-state index in [-0.39, 0.29) is 5.56 Å². The molecule has 5 nitrogen and oxygen atoms in total. The number of rotatable bonds is 4. The van der Waals surface area contributed by atoms with Crippen molar-refractivity contribution < 1.29 is 0 Å². The zero-order valence-corrected chi connectivity index (χ0v) is 14.0. The third kappa shape index (κ3) is 3.23. The molecular formula is C14H23BrN4O. The Morgan fingerprint density at radius 1 is 1.40 bits per heavy atom. The molecule has 1 aliphatic rings.